The average Bonchev–Trinajstić information content (AvgIpc) is 3.17. The predicted molar refractivity (Wildman–Crippen MR) is 112 cm³/mol. The largest absolute Gasteiger partial charge is 0.463 e. The van der Waals surface area contributed by atoms with Crippen molar-refractivity contribution < 1.29 is 9.53 Å². The Morgan fingerprint density at radius 2 is 1.71 bits per heavy atom. The van der Waals surface area contributed by atoms with Crippen LogP contribution in [0.5, 0.6) is 0 Å². The summed E-state index contributed by atoms with van der Waals surface area (Å²) in [7, 11) is 1.36. The minimum absolute atomic E-state index is 0.218. The first-order valence-corrected chi connectivity index (χ1v) is 9.47. The summed E-state index contributed by atoms with van der Waals surface area (Å²) < 4.78 is 4.81. The van der Waals surface area contributed by atoms with Crippen molar-refractivity contribution >= 4 is 17.0 Å². The van der Waals surface area contributed by atoms with Crippen LogP contribution in [0.25, 0.3) is 33.3 Å². The summed E-state index contributed by atoms with van der Waals surface area (Å²) in [6, 6.07) is 22.9. The van der Waals surface area contributed by atoms with Crippen LogP contribution < -0.4 is 0 Å². The second kappa shape index (κ2) is 7.69. The molecule has 3 aromatic carbocycles. The Morgan fingerprint density at radius 3 is 2.46 bits per heavy atom. The minimum Gasteiger partial charge on any atom is -0.463 e. The van der Waals surface area contributed by atoms with Crippen LogP contribution in [0.1, 0.15) is 29.5 Å². The van der Waals surface area contributed by atoms with Gasteiger partial charge in [0.2, 0.25) is 5.82 Å². The maximum Gasteiger partial charge on any atom is 0.374 e. The van der Waals surface area contributed by atoms with E-state index in [0.717, 1.165) is 40.6 Å². The van der Waals surface area contributed by atoms with Crippen LogP contribution in [0.15, 0.2) is 66.7 Å². The number of nitrogens with one attached hydrogen (secondary N) is 1. The van der Waals surface area contributed by atoms with E-state index >= 15 is 0 Å². The molecule has 140 valence electrons. The van der Waals surface area contributed by atoms with Crippen molar-refractivity contribution in [3.63, 3.8) is 0 Å². The van der Waals surface area contributed by atoms with Crippen molar-refractivity contribution in [3.05, 3.63) is 78.1 Å². The molecule has 0 amide bonds. The van der Waals surface area contributed by atoms with E-state index < -0.39 is 5.97 Å². The number of nitrogens with zero attached hydrogens (tertiary/aromatic N) is 1. The number of ether oxygens (including phenoxy) is 1. The second-order valence-corrected chi connectivity index (χ2v) is 6.77. The molecule has 4 aromatic rings. The number of aromatic amines is 1. The van der Waals surface area contributed by atoms with Crippen LogP contribution in [-0.2, 0) is 11.2 Å². The third-order valence-electron chi connectivity index (χ3n) is 4.91. The molecule has 1 heterocycles. The molecule has 0 radical (unpaired) electrons. The van der Waals surface area contributed by atoms with Gasteiger partial charge in [0, 0.05) is 0 Å². The van der Waals surface area contributed by atoms with Gasteiger partial charge in [-0.2, -0.15) is 0 Å². The van der Waals surface area contributed by atoms with Crippen molar-refractivity contribution in [2.45, 2.75) is 19.8 Å². The van der Waals surface area contributed by atoms with Gasteiger partial charge < -0.3 is 9.72 Å². The molecule has 4 rings (SSSR count). The van der Waals surface area contributed by atoms with E-state index in [2.05, 4.69) is 59.4 Å². The standard InChI is InChI=1S/C24H22N2O2/c1-3-9-16-12-7-8-13-18(16)20-15-22-21(25-23(26-22)24(27)28-2)14-19(20)17-10-5-4-6-11-17/h4-8,10-15H,3,9H2,1-2H3,(H,25,26). The molecule has 0 unspecified atom stereocenters. The van der Waals surface area contributed by atoms with Crippen LogP contribution in [0, 0.1) is 0 Å². The molecule has 4 nitrogen and oxygen atoms in total. The van der Waals surface area contributed by atoms with Gasteiger partial charge in [-0.1, -0.05) is 67.9 Å². The molecule has 1 aromatic heterocycles. The number of aryl methyl sites for hydroxylation is 1. The Labute approximate surface area is 164 Å². The molecular formula is C24H22N2O2. The van der Waals surface area contributed by atoms with Crippen LogP contribution >= 0.6 is 0 Å². The summed E-state index contributed by atoms with van der Waals surface area (Å²) in [4.78, 5) is 19.5. The molecular weight excluding hydrogens is 348 g/mol. The number of carbonyl (C=O) groups excluding carboxylic acids is 1. The number of aromatic nitrogens is 2. The van der Waals surface area contributed by atoms with E-state index in [1.165, 1.54) is 18.2 Å². The first-order valence-electron chi connectivity index (χ1n) is 9.47. The van der Waals surface area contributed by atoms with Crippen molar-refractivity contribution in [2.24, 2.45) is 0 Å². The van der Waals surface area contributed by atoms with E-state index in [-0.39, 0.29) is 5.82 Å². The molecule has 28 heavy (non-hydrogen) atoms. The molecule has 0 aliphatic heterocycles. The number of hydrogen-bond donors (Lipinski definition) is 1. The lowest BCUT2D eigenvalue weighted by molar-refractivity contribution is 0.0588. The number of esters is 1. The van der Waals surface area contributed by atoms with Crippen molar-refractivity contribution in [3.8, 4) is 22.3 Å². The van der Waals surface area contributed by atoms with Gasteiger partial charge >= 0.3 is 5.97 Å². The smallest absolute Gasteiger partial charge is 0.374 e. The summed E-state index contributed by atoms with van der Waals surface area (Å²) in [6.45, 7) is 2.19. The molecule has 0 bridgehead atoms. The molecule has 0 fully saturated rings. The summed E-state index contributed by atoms with van der Waals surface area (Å²) in [5.74, 6) is -0.249. The Bertz CT molecular complexity index is 1130. The maximum absolute atomic E-state index is 11.9. The summed E-state index contributed by atoms with van der Waals surface area (Å²) in [5, 5.41) is 0. The van der Waals surface area contributed by atoms with E-state index in [1.807, 2.05) is 24.3 Å². The fourth-order valence-electron chi connectivity index (χ4n) is 3.60. The van der Waals surface area contributed by atoms with Crippen LogP contribution in [-0.4, -0.2) is 23.0 Å². The fourth-order valence-corrected chi connectivity index (χ4v) is 3.60. The van der Waals surface area contributed by atoms with Crippen LogP contribution in [0.3, 0.4) is 0 Å². The Kier molecular flexibility index (Phi) is 4.94. The fraction of sp³-hybridized carbons (Fsp3) is 0.167. The molecule has 0 saturated heterocycles. The number of hydrogen-bond acceptors (Lipinski definition) is 3. The predicted octanol–water partition coefficient (Wildman–Crippen LogP) is 5.64. The monoisotopic (exact) mass is 370 g/mol. The summed E-state index contributed by atoms with van der Waals surface area (Å²) >= 11 is 0. The van der Waals surface area contributed by atoms with Gasteiger partial charge in [-0.15, -0.1) is 0 Å². The first kappa shape index (κ1) is 18.0. The lowest BCUT2D eigenvalue weighted by atomic mass is 9.90. The van der Waals surface area contributed by atoms with E-state index in [9.17, 15) is 4.79 Å². The Balaban J connectivity index is 1.99. The van der Waals surface area contributed by atoms with Gasteiger partial charge in [0.15, 0.2) is 0 Å². The highest BCUT2D eigenvalue weighted by Gasteiger charge is 2.17. The van der Waals surface area contributed by atoms with E-state index in [4.69, 9.17) is 4.74 Å². The lowest BCUT2D eigenvalue weighted by Gasteiger charge is -2.14. The molecule has 0 atom stereocenters. The Hall–Kier alpha value is -3.40. The first-order chi connectivity index (χ1) is 13.7. The van der Waals surface area contributed by atoms with Gasteiger partial charge in [-0.3, -0.25) is 0 Å². The van der Waals surface area contributed by atoms with Gasteiger partial charge in [-0.25, -0.2) is 9.78 Å². The lowest BCUT2D eigenvalue weighted by Crippen LogP contribution is -2.02. The third-order valence-corrected chi connectivity index (χ3v) is 4.91. The van der Waals surface area contributed by atoms with E-state index in [1.54, 1.807) is 0 Å². The van der Waals surface area contributed by atoms with Crippen LogP contribution in [0.4, 0.5) is 0 Å². The van der Waals surface area contributed by atoms with Gasteiger partial charge in [0.1, 0.15) is 0 Å². The summed E-state index contributed by atoms with van der Waals surface area (Å²) in [5.41, 5.74) is 7.43. The molecule has 0 aliphatic carbocycles. The minimum atomic E-state index is -0.467. The normalized spacial score (nSPS) is 10.9. The quantitative estimate of drug-likeness (QED) is 0.463. The zero-order valence-corrected chi connectivity index (χ0v) is 16.0. The topological polar surface area (TPSA) is 55.0 Å². The molecule has 0 spiro atoms. The molecule has 0 saturated carbocycles. The summed E-state index contributed by atoms with van der Waals surface area (Å²) in [6.07, 6.45) is 2.09. The number of benzene rings is 3. The number of imidazole rings is 1. The average molecular weight is 370 g/mol. The van der Waals surface area contributed by atoms with Crippen molar-refractivity contribution in [1.82, 2.24) is 9.97 Å². The number of fused-ring (bicyclic) bond motifs is 1. The number of rotatable bonds is 5. The highest BCUT2D eigenvalue weighted by atomic mass is 16.5. The highest BCUT2D eigenvalue weighted by Crippen LogP contribution is 2.37. The zero-order chi connectivity index (χ0) is 19.5. The van der Waals surface area contributed by atoms with Crippen molar-refractivity contribution in [2.75, 3.05) is 7.11 Å². The number of carbonyl (C=O) groups is 1. The van der Waals surface area contributed by atoms with Gasteiger partial charge in [-0.05, 0) is 46.4 Å². The zero-order valence-electron chi connectivity index (χ0n) is 16.0. The van der Waals surface area contributed by atoms with Crippen LogP contribution in [0.2, 0.25) is 0 Å². The van der Waals surface area contributed by atoms with Gasteiger partial charge in [0.05, 0.1) is 18.1 Å². The van der Waals surface area contributed by atoms with Gasteiger partial charge in [0.25, 0.3) is 0 Å². The molecule has 4 heteroatoms. The third kappa shape index (κ3) is 3.29. The number of H-pyrrole nitrogens is 1. The number of methoxy groups -OCH3 is 1. The maximum atomic E-state index is 11.9. The second-order valence-electron chi connectivity index (χ2n) is 6.77. The Morgan fingerprint density at radius 1 is 0.964 bits per heavy atom. The van der Waals surface area contributed by atoms with E-state index in [0.29, 0.717) is 0 Å². The SMILES string of the molecule is CCCc1ccccc1-c1cc2[nH]c(C(=O)OC)nc2cc1-c1ccccc1. The molecule has 1 N–H and O–H groups in total. The highest BCUT2D eigenvalue weighted by molar-refractivity contribution is 5.97. The molecule has 0 aliphatic rings. The van der Waals surface area contributed by atoms with Crippen molar-refractivity contribution in [1.29, 1.82) is 0 Å².